The van der Waals surface area contributed by atoms with Crippen molar-refractivity contribution in [3.8, 4) is 5.75 Å². The van der Waals surface area contributed by atoms with E-state index in [2.05, 4.69) is 15.3 Å². The fourth-order valence-electron chi connectivity index (χ4n) is 2.42. The van der Waals surface area contributed by atoms with Gasteiger partial charge in [-0.3, -0.25) is 9.59 Å². The van der Waals surface area contributed by atoms with Crippen molar-refractivity contribution < 1.29 is 22.7 Å². The fraction of sp³-hybridized carbons (Fsp3) is 0.250. The number of anilines is 1. The molecule has 0 bridgehead atoms. The standard InChI is InChI=1S/C16H16N4O5S/c1-3-13-16(22)19-12-6-10(4-5-14(12)25-13)26(23,24)20-15(21)11-7-17-8-18-9(11)2/h4-8,13H,3H2,1-2H3,(H,19,22)(H,20,21). The van der Waals surface area contributed by atoms with Gasteiger partial charge in [-0.25, -0.2) is 23.1 Å². The number of carbonyl (C=O) groups is 2. The number of fused-ring (bicyclic) bond motifs is 1. The number of nitrogens with one attached hydrogen (secondary N) is 2. The van der Waals surface area contributed by atoms with E-state index >= 15 is 0 Å². The highest BCUT2D eigenvalue weighted by molar-refractivity contribution is 7.90. The van der Waals surface area contributed by atoms with E-state index in [1.54, 1.807) is 13.8 Å². The summed E-state index contributed by atoms with van der Waals surface area (Å²) < 4.78 is 32.5. The van der Waals surface area contributed by atoms with Crippen LogP contribution in [-0.2, 0) is 14.8 Å². The first kappa shape index (κ1) is 17.8. The van der Waals surface area contributed by atoms with E-state index in [-0.39, 0.29) is 22.1 Å². The van der Waals surface area contributed by atoms with Gasteiger partial charge in [-0.15, -0.1) is 0 Å². The van der Waals surface area contributed by atoms with Crippen molar-refractivity contribution in [3.63, 3.8) is 0 Å². The molecule has 0 saturated heterocycles. The summed E-state index contributed by atoms with van der Waals surface area (Å²) in [5.41, 5.74) is 0.634. The molecule has 2 aromatic rings. The molecule has 9 nitrogen and oxygen atoms in total. The molecule has 0 aliphatic carbocycles. The molecule has 1 atom stereocenters. The van der Waals surface area contributed by atoms with Crippen molar-refractivity contribution >= 4 is 27.5 Å². The molecule has 2 heterocycles. The Bertz CT molecular complexity index is 990. The summed E-state index contributed by atoms with van der Waals surface area (Å²) >= 11 is 0. The van der Waals surface area contributed by atoms with Crippen LogP contribution < -0.4 is 14.8 Å². The topological polar surface area (TPSA) is 127 Å². The van der Waals surface area contributed by atoms with Gasteiger partial charge in [-0.1, -0.05) is 6.92 Å². The van der Waals surface area contributed by atoms with Crippen LogP contribution in [-0.4, -0.2) is 36.3 Å². The van der Waals surface area contributed by atoms with Gasteiger partial charge in [-0.2, -0.15) is 0 Å². The number of nitrogens with zero attached hydrogens (tertiary/aromatic N) is 2. The summed E-state index contributed by atoms with van der Waals surface area (Å²) in [4.78, 5) is 31.5. The number of benzene rings is 1. The summed E-state index contributed by atoms with van der Waals surface area (Å²) in [7, 11) is -4.16. The Balaban J connectivity index is 1.87. The Morgan fingerprint density at radius 2 is 2.15 bits per heavy atom. The third kappa shape index (κ3) is 3.36. The van der Waals surface area contributed by atoms with Gasteiger partial charge in [0.15, 0.2) is 6.10 Å². The first-order valence-electron chi connectivity index (χ1n) is 7.77. The molecule has 0 saturated carbocycles. The predicted octanol–water partition coefficient (Wildman–Crippen LogP) is 1.01. The zero-order valence-electron chi connectivity index (χ0n) is 14.0. The average Bonchev–Trinajstić information content (AvgIpc) is 2.60. The van der Waals surface area contributed by atoms with Gasteiger partial charge in [0, 0.05) is 6.20 Å². The Morgan fingerprint density at radius 1 is 1.38 bits per heavy atom. The lowest BCUT2D eigenvalue weighted by atomic mass is 10.2. The van der Waals surface area contributed by atoms with E-state index in [0.29, 0.717) is 17.9 Å². The highest BCUT2D eigenvalue weighted by atomic mass is 32.2. The number of hydrogen-bond acceptors (Lipinski definition) is 7. The minimum absolute atomic E-state index is 0.0523. The molecule has 26 heavy (non-hydrogen) atoms. The van der Waals surface area contributed by atoms with Gasteiger partial charge in [0.1, 0.15) is 12.1 Å². The fourth-order valence-corrected chi connectivity index (χ4v) is 3.41. The molecule has 1 aromatic heterocycles. The maximum absolute atomic E-state index is 12.5. The Hall–Kier alpha value is -3.01. The number of hydrogen-bond donors (Lipinski definition) is 2. The van der Waals surface area contributed by atoms with Crippen LogP contribution in [0.4, 0.5) is 5.69 Å². The highest BCUT2D eigenvalue weighted by Gasteiger charge is 2.28. The summed E-state index contributed by atoms with van der Waals surface area (Å²) in [5, 5.41) is 2.61. The largest absolute Gasteiger partial charge is 0.478 e. The first-order chi connectivity index (χ1) is 12.3. The molecular formula is C16H16N4O5S. The number of aromatic nitrogens is 2. The first-order valence-corrected chi connectivity index (χ1v) is 9.25. The number of rotatable bonds is 4. The van der Waals surface area contributed by atoms with Crippen LogP contribution in [0.3, 0.4) is 0 Å². The number of sulfonamides is 1. The molecule has 2 amide bonds. The average molecular weight is 376 g/mol. The zero-order valence-corrected chi connectivity index (χ0v) is 14.8. The number of aryl methyl sites for hydroxylation is 1. The van der Waals surface area contributed by atoms with Crippen LogP contribution in [0.2, 0.25) is 0 Å². The van der Waals surface area contributed by atoms with Crippen molar-refractivity contribution in [1.29, 1.82) is 0 Å². The Labute approximate surface area is 149 Å². The lowest BCUT2D eigenvalue weighted by molar-refractivity contribution is -0.123. The summed E-state index contributed by atoms with van der Waals surface area (Å²) in [6.07, 6.45) is 2.36. The number of carbonyl (C=O) groups excluding carboxylic acids is 2. The lowest BCUT2D eigenvalue weighted by Gasteiger charge is -2.25. The molecule has 0 fully saturated rings. The van der Waals surface area contributed by atoms with Crippen LogP contribution in [0.1, 0.15) is 29.4 Å². The van der Waals surface area contributed by atoms with Crippen molar-refractivity contribution in [2.24, 2.45) is 0 Å². The minimum Gasteiger partial charge on any atom is -0.478 e. The van der Waals surface area contributed by atoms with Crippen LogP contribution in [0, 0.1) is 6.92 Å². The van der Waals surface area contributed by atoms with Crippen molar-refractivity contribution in [3.05, 3.63) is 42.0 Å². The minimum atomic E-state index is -4.16. The third-order valence-electron chi connectivity index (χ3n) is 3.83. The maximum Gasteiger partial charge on any atom is 0.268 e. The molecule has 1 aliphatic rings. The second-order valence-corrected chi connectivity index (χ2v) is 7.30. The summed E-state index contributed by atoms with van der Waals surface area (Å²) in [5.74, 6) is -0.822. The van der Waals surface area contributed by atoms with Crippen LogP contribution >= 0.6 is 0 Å². The monoisotopic (exact) mass is 376 g/mol. The lowest BCUT2D eigenvalue weighted by Crippen LogP contribution is -2.36. The van der Waals surface area contributed by atoms with Crippen molar-refractivity contribution in [1.82, 2.24) is 14.7 Å². The van der Waals surface area contributed by atoms with Crippen LogP contribution in [0.15, 0.2) is 35.6 Å². The van der Waals surface area contributed by atoms with E-state index in [4.69, 9.17) is 4.74 Å². The highest BCUT2D eigenvalue weighted by Crippen LogP contribution is 2.32. The number of ether oxygens (including phenoxy) is 1. The van der Waals surface area contributed by atoms with Gasteiger partial charge < -0.3 is 10.1 Å². The van der Waals surface area contributed by atoms with E-state index in [0.717, 1.165) is 0 Å². The smallest absolute Gasteiger partial charge is 0.268 e. The van der Waals surface area contributed by atoms with Crippen LogP contribution in [0.25, 0.3) is 0 Å². The van der Waals surface area contributed by atoms with Crippen molar-refractivity contribution in [2.45, 2.75) is 31.3 Å². The maximum atomic E-state index is 12.5. The molecule has 10 heteroatoms. The SMILES string of the molecule is CCC1Oc2ccc(S(=O)(=O)NC(=O)c3cncnc3C)cc2NC1=O. The van der Waals surface area contributed by atoms with Gasteiger partial charge in [-0.05, 0) is 31.5 Å². The predicted molar refractivity (Wildman–Crippen MR) is 91.2 cm³/mol. The Morgan fingerprint density at radius 3 is 2.85 bits per heavy atom. The number of amides is 2. The summed E-state index contributed by atoms with van der Waals surface area (Å²) in [6, 6.07) is 3.98. The van der Waals surface area contributed by atoms with Crippen LogP contribution in [0.5, 0.6) is 5.75 Å². The normalized spacial score (nSPS) is 16.2. The second kappa shape index (κ2) is 6.71. The van der Waals surface area contributed by atoms with Gasteiger partial charge in [0.2, 0.25) is 0 Å². The van der Waals surface area contributed by atoms with E-state index in [9.17, 15) is 18.0 Å². The van der Waals surface area contributed by atoms with Gasteiger partial charge in [0.05, 0.1) is 21.8 Å². The third-order valence-corrected chi connectivity index (χ3v) is 5.16. The second-order valence-electron chi connectivity index (χ2n) is 5.62. The van der Waals surface area contributed by atoms with E-state index in [1.165, 1.54) is 30.7 Å². The molecule has 136 valence electrons. The zero-order chi connectivity index (χ0) is 18.9. The van der Waals surface area contributed by atoms with Crippen molar-refractivity contribution in [2.75, 3.05) is 5.32 Å². The molecule has 0 radical (unpaired) electrons. The quantitative estimate of drug-likeness (QED) is 0.815. The molecule has 0 spiro atoms. The van der Waals surface area contributed by atoms with Gasteiger partial charge in [0.25, 0.3) is 21.8 Å². The van der Waals surface area contributed by atoms with E-state index in [1.807, 2.05) is 4.72 Å². The van der Waals surface area contributed by atoms with Gasteiger partial charge >= 0.3 is 0 Å². The molecule has 1 aliphatic heterocycles. The summed E-state index contributed by atoms with van der Waals surface area (Å²) in [6.45, 7) is 3.37. The van der Waals surface area contributed by atoms with E-state index < -0.39 is 22.0 Å². The molecule has 3 rings (SSSR count). The molecular weight excluding hydrogens is 360 g/mol. The molecule has 1 aromatic carbocycles. The molecule has 1 unspecified atom stereocenters. The molecule has 2 N–H and O–H groups in total. The Kier molecular flexibility index (Phi) is 4.60.